The van der Waals surface area contributed by atoms with E-state index < -0.39 is 17.1 Å². The molecule has 3 unspecified atom stereocenters. The molecule has 4 aliphatic rings. The molecule has 0 aromatic rings. The smallest absolute Gasteiger partial charge is 0.156 e. The molecule has 0 spiro atoms. The molecule has 0 bridgehead atoms. The first-order valence-corrected chi connectivity index (χ1v) is 9.52. The maximum absolute atomic E-state index is 11.0. The van der Waals surface area contributed by atoms with Crippen molar-refractivity contribution in [2.75, 3.05) is 0 Å². The molecule has 8 atom stereocenters. The molecule has 3 saturated carbocycles. The summed E-state index contributed by atoms with van der Waals surface area (Å²) < 4.78 is 0. The first kappa shape index (κ1) is 16.6. The van der Waals surface area contributed by atoms with Gasteiger partial charge in [0.1, 0.15) is 0 Å². The first-order valence-electron chi connectivity index (χ1n) is 9.52. The third-order valence-corrected chi connectivity index (χ3v) is 8.52. The van der Waals surface area contributed by atoms with Crippen molar-refractivity contribution in [3.63, 3.8) is 0 Å². The molecule has 3 fully saturated rings. The minimum atomic E-state index is -1.39. The fraction of sp³-hybridized carbons (Fsp3) is 0.810. The Labute approximate surface area is 145 Å². The van der Waals surface area contributed by atoms with E-state index in [2.05, 4.69) is 25.8 Å². The van der Waals surface area contributed by atoms with E-state index in [4.69, 9.17) is 6.42 Å². The van der Waals surface area contributed by atoms with Crippen molar-refractivity contribution in [3.8, 4) is 12.3 Å². The van der Waals surface area contributed by atoms with Crippen LogP contribution in [0.2, 0.25) is 0 Å². The number of hydrogen-bond acceptors (Lipinski definition) is 3. The van der Waals surface area contributed by atoms with Crippen LogP contribution in [0.25, 0.3) is 0 Å². The number of fused-ring (bicyclic) bond motifs is 5. The van der Waals surface area contributed by atoms with Crippen LogP contribution in [0.1, 0.15) is 58.8 Å². The largest absolute Gasteiger partial charge is 0.393 e. The van der Waals surface area contributed by atoms with E-state index in [1.54, 1.807) is 0 Å². The van der Waals surface area contributed by atoms with Crippen LogP contribution in [0.15, 0.2) is 11.6 Å². The quantitative estimate of drug-likeness (QED) is 0.473. The van der Waals surface area contributed by atoms with Crippen LogP contribution in [0.4, 0.5) is 0 Å². The first-order chi connectivity index (χ1) is 11.3. The molecule has 0 saturated heterocycles. The van der Waals surface area contributed by atoms with Crippen LogP contribution in [0.5, 0.6) is 0 Å². The molecule has 0 heterocycles. The fourth-order valence-electron chi connectivity index (χ4n) is 6.92. The molecule has 24 heavy (non-hydrogen) atoms. The standard InChI is InChI=1S/C21H30O3/c1-4-21(24)18(23)12-17-15-6-5-13-11-14(22)7-9-19(13,2)16(15)8-10-20(17,21)3/h1,5,14-18,22-24H,6-12H2,2-3H3/t14?,15-,16-,17+,18?,19+,20+,21?/m1/s1. The third-order valence-electron chi connectivity index (χ3n) is 8.52. The summed E-state index contributed by atoms with van der Waals surface area (Å²) in [6.45, 7) is 4.47. The lowest BCUT2D eigenvalue weighted by atomic mass is 9.47. The van der Waals surface area contributed by atoms with Gasteiger partial charge in [0.2, 0.25) is 0 Å². The molecule has 3 nitrogen and oxygen atoms in total. The molecule has 4 rings (SSSR count). The molecule has 0 radical (unpaired) electrons. The lowest BCUT2D eigenvalue weighted by molar-refractivity contribution is -0.118. The number of hydrogen-bond donors (Lipinski definition) is 3. The lowest BCUT2D eigenvalue weighted by Gasteiger charge is -2.58. The maximum atomic E-state index is 11.0. The van der Waals surface area contributed by atoms with Gasteiger partial charge in [0, 0.05) is 5.41 Å². The van der Waals surface area contributed by atoms with Crippen molar-refractivity contribution >= 4 is 0 Å². The Balaban J connectivity index is 1.71. The molecule has 4 aliphatic carbocycles. The Hall–Kier alpha value is -0.820. The summed E-state index contributed by atoms with van der Waals surface area (Å²) in [7, 11) is 0. The Bertz CT molecular complexity index is 619. The van der Waals surface area contributed by atoms with Gasteiger partial charge in [-0.15, -0.1) is 6.42 Å². The molecule has 0 aromatic heterocycles. The summed E-state index contributed by atoms with van der Waals surface area (Å²) in [4.78, 5) is 0. The maximum Gasteiger partial charge on any atom is 0.156 e. The number of rotatable bonds is 0. The van der Waals surface area contributed by atoms with Gasteiger partial charge in [-0.25, -0.2) is 0 Å². The third kappa shape index (κ3) is 1.86. The second kappa shape index (κ2) is 5.10. The fourth-order valence-corrected chi connectivity index (χ4v) is 6.92. The highest BCUT2D eigenvalue weighted by molar-refractivity contribution is 5.30. The second-order valence-electron chi connectivity index (χ2n) is 9.27. The van der Waals surface area contributed by atoms with Gasteiger partial charge < -0.3 is 15.3 Å². The van der Waals surface area contributed by atoms with Gasteiger partial charge >= 0.3 is 0 Å². The average molecular weight is 330 g/mol. The monoisotopic (exact) mass is 330 g/mol. The summed E-state index contributed by atoms with van der Waals surface area (Å²) in [6.07, 6.45) is 13.3. The van der Waals surface area contributed by atoms with Gasteiger partial charge in [0.05, 0.1) is 12.2 Å². The van der Waals surface area contributed by atoms with Gasteiger partial charge in [0.25, 0.3) is 0 Å². The minimum Gasteiger partial charge on any atom is -0.393 e. The van der Waals surface area contributed by atoms with Crippen LogP contribution in [-0.4, -0.2) is 33.1 Å². The highest BCUT2D eigenvalue weighted by atomic mass is 16.3. The zero-order valence-electron chi connectivity index (χ0n) is 14.8. The summed E-state index contributed by atoms with van der Waals surface area (Å²) in [5, 5.41) is 31.6. The van der Waals surface area contributed by atoms with E-state index in [0.717, 1.165) is 38.5 Å². The van der Waals surface area contributed by atoms with Gasteiger partial charge in [0.15, 0.2) is 5.60 Å². The molecule has 132 valence electrons. The molecule has 0 aliphatic heterocycles. The predicted octanol–water partition coefficient (Wildman–Crippen LogP) is 2.65. The summed E-state index contributed by atoms with van der Waals surface area (Å²) >= 11 is 0. The summed E-state index contributed by atoms with van der Waals surface area (Å²) in [5.41, 5.74) is -0.170. The van der Waals surface area contributed by atoms with Gasteiger partial charge in [-0.05, 0) is 68.1 Å². The van der Waals surface area contributed by atoms with Crippen LogP contribution in [0, 0.1) is 40.9 Å². The van der Waals surface area contributed by atoms with E-state index in [1.807, 2.05) is 0 Å². The molecular formula is C21H30O3. The van der Waals surface area contributed by atoms with Crippen molar-refractivity contribution in [2.45, 2.75) is 76.6 Å². The topological polar surface area (TPSA) is 60.7 Å². The molecular weight excluding hydrogens is 300 g/mol. The van der Waals surface area contributed by atoms with Crippen molar-refractivity contribution < 1.29 is 15.3 Å². The lowest BCUT2D eigenvalue weighted by Crippen LogP contribution is -2.55. The van der Waals surface area contributed by atoms with E-state index >= 15 is 0 Å². The van der Waals surface area contributed by atoms with Gasteiger partial charge in [-0.1, -0.05) is 31.4 Å². The number of allylic oxidation sites excluding steroid dienone is 1. The number of aliphatic hydroxyl groups excluding tert-OH is 2. The minimum absolute atomic E-state index is 0.172. The zero-order chi connectivity index (χ0) is 17.3. The van der Waals surface area contributed by atoms with Crippen LogP contribution < -0.4 is 0 Å². The highest BCUT2D eigenvalue weighted by Crippen LogP contribution is 2.66. The Morgan fingerprint density at radius 2 is 1.92 bits per heavy atom. The van der Waals surface area contributed by atoms with E-state index in [-0.39, 0.29) is 17.4 Å². The molecule has 3 heteroatoms. The summed E-state index contributed by atoms with van der Waals surface area (Å²) in [6, 6.07) is 0. The van der Waals surface area contributed by atoms with Crippen molar-refractivity contribution in [3.05, 3.63) is 11.6 Å². The average Bonchev–Trinajstić information content (AvgIpc) is 2.76. The van der Waals surface area contributed by atoms with Crippen molar-refractivity contribution in [1.82, 2.24) is 0 Å². The van der Waals surface area contributed by atoms with E-state index in [9.17, 15) is 15.3 Å². The molecule has 0 aromatic carbocycles. The van der Waals surface area contributed by atoms with Crippen molar-refractivity contribution in [1.29, 1.82) is 0 Å². The SMILES string of the molecule is C#CC1(O)C(O)C[C@H]2[C@@H]3CC=C4CC(O)CC[C@]4(C)[C@@H]3CC[C@@]21C. The normalized spacial score (nSPS) is 56.5. The zero-order valence-corrected chi connectivity index (χ0v) is 14.8. The van der Waals surface area contributed by atoms with Crippen LogP contribution in [0.3, 0.4) is 0 Å². The summed E-state index contributed by atoms with van der Waals surface area (Å²) in [5.74, 6) is 3.88. The van der Waals surface area contributed by atoms with Gasteiger partial charge in [-0.3, -0.25) is 0 Å². The Morgan fingerprint density at radius 3 is 2.62 bits per heavy atom. The predicted molar refractivity (Wildman–Crippen MR) is 92.9 cm³/mol. The van der Waals surface area contributed by atoms with E-state index in [1.165, 1.54) is 5.57 Å². The number of terminal acetylenes is 1. The van der Waals surface area contributed by atoms with E-state index in [0.29, 0.717) is 18.3 Å². The second-order valence-corrected chi connectivity index (χ2v) is 9.27. The number of aliphatic hydroxyl groups is 3. The Morgan fingerprint density at radius 1 is 1.17 bits per heavy atom. The Kier molecular flexibility index (Phi) is 3.53. The van der Waals surface area contributed by atoms with Gasteiger partial charge in [-0.2, -0.15) is 0 Å². The molecule has 0 amide bonds. The molecule has 3 N–H and O–H groups in total. The van der Waals surface area contributed by atoms with Crippen molar-refractivity contribution in [2.24, 2.45) is 28.6 Å². The van der Waals surface area contributed by atoms with Crippen LogP contribution in [-0.2, 0) is 0 Å². The highest BCUT2D eigenvalue weighted by Gasteiger charge is 2.66. The van der Waals surface area contributed by atoms with Crippen LogP contribution >= 0.6 is 0 Å².